The molecule has 2 atom stereocenters. The first-order valence-corrected chi connectivity index (χ1v) is 8.26. The van der Waals surface area contributed by atoms with Gasteiger partial charge < -0.3 is 5.32 Å². The van der Waals surface area contributed by atoms with E-state index in [2.05, 4.69) is 24.2 Å². The summed E-state index contributed by atoms with van der Waals surface area (Å²) in [5, 5.41) is 3.61. The van der Waals surface area contributed by atoms with Crippen molar-refractivity contribution in [3.63, 3.8) is 0 Å². The third kappa shape index (κ3) is 3.71. The summed E-state index contributed by atoms with van der Waals surface area (Å²) in [6, 6.07) is 1.62. The summed E-state index contributed by atoms with van der Waals surface area (Å²) in [4.78, 5) is 2.80. The lowest BCUT2D eigenvalue weighted by Gasteiger charge is -2.39. The fraction of sp³-hybridized carbons (Fsp3) is 1.00. The summed E-state index contributed by atoms with van der Waals surface area (Å²) < 4.78 is 0. The summed E-state index contributed by atoms with van der Waals surface area (Å²) in [6.45, 7) is 4.97. The van der Waals surface area contributed by atoms with Gasteiger partial charge in [0, 0.05) is 18.6 Å². The maximum Gasteiger partial charge on any atom is 0.0220 e. The largest absolute Gasteiger partial charge is 0.315 e. The molecule has 1 saturated carbocycles. The number of hydrogen-bond donors (Lipinski definition) is 1. The monoisotopic (exact) mass is 252 g/mol. The maximum absolute atomic E-state index is 3.61. The molecule has 2 nitrogen and oxygen atoms in total. The minimum Gasteiger partial charge on any atom is -0.315 e. The van der Waals surface area contributed by atoms with Crippen LogP contribution in [0.4, 0.5) is 0 Å². The number of nitrogens with zero attached hydrogens (tertiary/aromatic N) is 1. The molecule has 0 radical (unpaired) electrons. The lowest BCUT2D eigenvalue weighted by Crippen LogP contribution is -2.49. The van der Waals surface area contributed by atoms with Gasteiger partial charge in [-0.15, -0.1) is 0 Å². The van der Waals surface area contributed by atoms with Crippen molar-refractivity contribution >= 4 is 0 Å². The molecule has 1 aliphatic carbocycles. The predicted octanol–water partition coefficient (Wildman–Crippen LogP) is 3.42. The van der Waals surface area contributed by atoms with Gasteiger partial charge in [-0.05, 0) is 51.6 Å². The maximum atomic E-state index is 3.61. The molecule has 1 heterocycles. The summed E-state index contributed by atoms with van der Waals surface area (Å²) in [7, 11) is 2.17. The number of likely N-dealkylation sites (N-methyl/N-ethyl adjacent to an activating group) is 1. The summed E-state index contributed by atoms with van der Waals surface area (Å²) in [5.41, 5.74) is 0. The van der Waals surface area contributed by atoms with Crippen molar-refractivity contribution in [3.05, 3.63) is 0 Å². The van der Waals surface area contributed by atoms with Crippen molar-refractivity contribution in [3.8, 4) is 0 Å². The zero-order chi connectivity index (χ0) is 12.8. The molecule has 2 heteroatoms. The zero-order valence-corrected chi connectivity index (χ0v) is 12.5. The van der Waals surface area contributed by atoms with Gasteiger partial charge in [0.15, 0.2) is 0 Å². The molecule has 0 spiro atoms. The molecular formula is C16H32N2. The molecule has 0 aromatic heterocycles. The topological polar surface area (TPSA) is 15.3 Å². The molecule has 2 rings (SSSR count). The van der Waals surface area contributed by atoms with Crippen LogP contribution >= 0.6 is 0 Å². The Kier molecular flexibility index (Phi) is 5.97. The average Bonchev–Trinajstić information content (AvgIpc) is 2.92. The van der Waals surface area contributed by atoms with Crippen LogP contribution in [0.15, 0.2) is 0 Å². The van der Waals surface area contributed by atoms with Gasteiger partial charge in [0.05, 0.1) is 0 Å². The Morgan fingerprint density at radius 3 is 2.50 bits per heavy atom. The lowest BCUT2D eigenvalue weighted by atomic mass is 9.93. The molecule has 2 aliphatic rings. The minimum absolute atomic E-state index is 0.741. The van der Waals surface area contributed by atoms with E-state index in [1.807, 2.05) is 0 Å². The number of hydrogen-bond acceptors (Lipinski definition) is 2. The Hall–Kier alpha value is -0.0800. The molecule has 0 aromatic rings. The highest BCUT2D eigenvalue weighted by Crippen LogP contribution is 2.29. The average molecular weight is 252 g/mol. The van der Waals surface area contributed by atoms with Gasteiger partial charge >= 0.3 is 0 Å². The van der Waals surface area contributed by atoms with Crippen LogP contribution < -0.4 is 5.32 Å². The second-order valence-electron chi connectivity index (χ2n) is 6.37. The molecule has 0 aromatic carbocycles. The minimum atomic E-state index is 0.741. The van der Waals surface area contributed by atoms with Gasteiger partial charge in [0.1, 0.15) is 0 Å². The molecule has 1 N–H and O–H groups in total. The number of likely N-dealkylation sites (tertiary alicyclic amines) is 1. The van der Waals surface area contributed by atoms with E-state index in [1.54, 1.807) is 0 Å². The molecule has 2 unspecified atom stereocenters. The van der Waals surface area contributed by atoms with Gasteiger partial charge in [-0.3, -0.25) is 4.90 Å². The van der Waals surface area contributed by atoms with Crippen LogP contribution in [0.3, 0.4) is 0 Å². The second kappa shape index (κ2) is 7.49. The normalized spacial score (nSPS) is 28.7. The van der Waals surface area contributed by atoms with E-state index in [9.17, 15) is 0 Å². The molecule has 0 bridgehead atoms. The number of rotatable bonds is 6. The fourth-order valence-electron chi connectivity index (χ4n) is 4.05. The van der Waals surface area contributed by atoms with Crippen LogP contribution in [0.5, 0.6) is 0 Å². The van der Waals surface area contributed by atoms with Gasteiger partial charge in [0.25, 0.3) is 0 Å². The van der Waals surface area contributed by atoms with Crippen LogP contribution in [0.25, 0.3) is 0 Å². The fourth-order valence-corrected chi connectivity index (χ4v) is 4.05. The van der Waals surface area contributed by atoms with Crippen molar-refractivity contribution in [2.24, 2.45) is 5.92 Å². The van der Waals surface area contributed by atoms with Crippen LogP contribution in [-0.4, -0.2) is 37.1 Å². The van der Waals surface area contributed by atoms with Crippen molar-refractivity contribution in [2.75, 3.05) is 20.1 Å². The quantitative estimate of drug-likeness (QED) is 0.779. The Morgan fingerprint density at radius 1 is 1.11 bits per heavy atom. The number of piperidine rings is 1. The van der Waals surface area contributed by atoms with Crippen LogP contribution in [0, 0.1) is 5.92 Å². The Labute approximate surface area is 114 Å². The first kappa shape index (κ1) is 14.3. The Balaban J connectivity index is 1.87. The smallest absolute Gasteiger partial charge is 0.0220 e. The standard InChI is InChI=1S/C16H32N2/c1-3-8-15-11-6-7-12-18(15)13-16(17-2)14-9-4-5-10-14/h14-17H,3-13H2,1-2H3. The number of nitrogens with one attached hydrogen (secondary N) is 1. The lowest BCUT2D eigenvalue weighted by molar-refractivity contribution is 0.114. The predicted molar refractivity (Wildman–Crippen MR) is 78.9 cm³/mol. The van der Waals surface area contributed by atoms with E-state index in [0.29, 0.717) is 0 Å². The highest BCUT2D eigenvalue weighted by molar-refractivity contribution is 4.86. The molecule has 2 fully saturated rings. The summed E-state index contributed by atoms with van der Waals surface area (Å²) in [6.07, 6.45) is 12.9. The summed E-state index contributed by atoms with van der Waals surface area (Å²) in [5.74, 6) is 0.944. The molecule has 106 valence electrons. The van der Waals surface area contributed by atoms with Gasteiger partial charge in [0.2, 0.25) is 0 Å². The third-order valence-corrected chi connectivity index (χ3v) is 5.14. The Morgan fingerprint density at radius 2 is 1.83 bits per heavy atom. The molecule has 18 heavy (non-hydrogen) atoms. The molecule has 0 amide bonds. The van der Waals surface area contributed by atoms with E-state index in [-0.39, 0.29) is 0 Å². The van der Waals surface area contributed by atoms with E-state index >= 15 is 0 Å². The third-order valence-electron chi connectivity index (χ3n) is 5.14. The van der Waals surface area contributed by atoms with E-state index in [0.717, 1.165) is 18.0 Å². The molecular weight excluding hydrogens is 220 g/mol. The first-order chi connectivity index (χ1) is 8.85. The van der Waals surface area contributed by atoms with Crippen molar-refractivity contribution < 1.29 is 0 Å². The Bertz CT molecular complexity index is 221. The van der Waals surface area contributed by atoms with Crippen molar-refractivity contribution in [1.82, 2.24) is 10.2 Å². The summed E-state index contributed by atoms with van der Waals surface area (Å²) >= 11 is 0. The van der Waals surface area contributed by atoms with Crippen LogP contribution in [0.2, 0.25) is 0 Å². The SMILES string of the molecule is CCCC1CCCCN1CC(NC)C1CCCC1. The van der Waals surface area contributed by atoms with Crippen molar-refractivity contribution in [2.45, 2.75) is 76.8 Å². The molecule has 1 aliphatic heterocycles. The van der Waals surface area contributed by atoms with Gasteiger partial charge in [-0.25, -0.2) is 0 Å². The van der Waals surface area contributed by atoms with Crippen LogP contribution in [0.1, 0.15) is 64.7 Å². The van der Waals surface area contributed by atoms with Gasteiger partial charge in [-0.1, -0.05) is 32.6 Å². The molecule has 1 saturated heterocycles. The first-order valence-electron chi connectivity index (χ1n) is 8.26. The van der Waals surface area contributed by atoms with Crippen molar-refractivity contribution in [1.29, 1.82) is 0 Å². The van der Waals surface area contributed by atoms with E-state index < -0.39 is 0 Å². The second-order valence-corrected chi connectivity index (χ2v) is 6.37. The van der Waals surface area contributed by atoms with E-state index in [1.165, 1.54) is 70.9 Å². The van der Waals surface area contributed by atoms with Crippen LogP contribution in [-0.2, 0) is 0 Å². The highest BCUT2D eigenvalue weighted by Gasteiger charge is 2.29. The van der Waals surface area contributed by atoms with E-state index in [4.69, 9.17) is 0 Å². The zero-order valence-electron chi connectivity index (χ0n) is 12.5. The van der Waals surface area contributed by atoms with Gasteiger partial charge in [-0.2, -0.15) is 0 Å². The highest BCUT2D eigenvalue weighted by atomic mass is 15.2.